The van der Waals surface area contributed by atoms with E-state index in [1.165, 1.54) is 17.7 Å². The molecule has 1 atom stereocenters. The Labute approximate surface area is 104 Å². The molecule has 90 valence electrons. The van der Waals surface area contributed by atoms with E-state index < -0.39 is 0 Å². The van der Waals surface area contributed by atoms with Crippen LogP contribution in [-0.4, -0.2) is 22.7 Å². The van der Waals surface area contributed by atoms with Crippen LogP contribution in [0.2, 0.25) is 0 Å². The third kappa shape index (κ3) is 2.73. The fraction of sp³-hybridized carbons (Fsp3) is 0.500. The summed E-state index contributed by atoms with van der Waals surface area (Å²) in [6.07, 6.45) is 4.10. The molecule has 5 heteroatoms. The smallest absolute Gasteiger partial charge is 0.228 e. The van der Waals surface area contributed by atoms with E-state index >= 15 is 0 Å². The van der Waals surface area contributed by atoms with Crippen LogP contribution >= 0.6 is 11.3 Å². The summed E-state index contributed by atoms with van der Waals surface area (Å²) in [6, 6.07) is 4.66. The predicted octanol–water partition coefficient (Wildman–Crippen LogP) is 2.02. The zero-order valence-corrected chi connectivity index (χ0v) is 10.4. The molecule has 0 aromatic carbocycles. The average Bonchev–Trinajstić information content (AvgIpc) is 3.02. The average molecular weight is 249 g/mol. The highest BCUT2D eigenvalue weighted by Crippen LogP contribution is 2.14. The van der Waals surface area contributed by atoms with Crippen LogP contribution < -0.4 is 5.32 Å². The quantitative estimate of drug-likeness (QED) is 0.900. The second-order valence-electron chi connectivity index (χ2n) is 4.36. The van der Waals surface area contributed by atoms with Gasteiger partial charge in [-0.1, -0.05) is 11.2 Å². The van der Waals surface area contributed by atoms with Gasteiger partial charge in [-0.05, 0) is 30.8 Å². The van der Waals surface area contributed by atoms with E-state index in [1.807, 2.05) is 6.07 Å². The van der Waals surface area contributed by atoms with Crippen LogP contribution in [0.25, 0.3) is 0 Å². The fourth-order valence-electron chi connectivity index (χ4n) is 2.16. The molecule has 0 bridgehead atoms. The van der Waals surface area contributed by atoms with Gasteiger partial charge < -0.3 is 9.84 Å². The Morgan fingerprint density at radius 3 is 3.29 bits per heavy atom. The van der Waals surface area contributed by atoms with Crippen LogP contribution in [0.4, 0.5) is 0 Å². The van der Waals surface area contributed by atoms with E-state index in [2.05, 4.69) is 26.9 Å². The Bertz CT molecular complexity index is 460. The summed E-state index contributed by atoms with van der Waals surface area (Å²) in [6.45, 7) is 1.11. The maximum Gasteiger partial charge on any atom is 0.228 e. The third-order valence-electron chi connectivity index (χ3n) is 3.01. The molecule has 17 heavy (non-hydrogen) atoms. The Kier molecular flexibility index (Phi) is 3.20. The SMILES string of the molecule is c1csc(Cc2noc(CC3CCCN3)n2)c1. The zero-order chi connectivity index (χ0) is 11.5. The van der Waals surface area contributed by atoms with Crippen LogP contribution in [0.1, 0.15) is 29.4 Å². The summed E-state index contributed by atoms with van der Waals surface area (Å²) in [5.74, 6) is 1.55. The van der Waals surface area contributed by atoms with Gasteiger partial charge in [-0.25, -0.2) is 0 Å². The Balaban J connectivity index is 1.61. The lowest BCUT2D eigenvalue weighted by molar-refractivity contribution is 0.360. The van der Waals surface area contributed by atoms with E-state index in [4.69, 9.17) is 4.52 Å². The summed E-state index contributed by atoms with van der Waals surface area (Å²) < 4.78 is 5.28. The molecule has 3 rings (SSSR count). The molecule has 4 nitrogen and oxygen atoms in total. The molecule has 1 aliphatic rings. The van der Waals surface area contributed by atoms with Gasteiger partial charge in [-0.15, -0.1) is 11.3 Å². The van der Waals surface area contributed by atoms with E-state index in [-0.39, 0.29) is 0 Å². The number of rotatable bonds is 4. The van der Waals surface area contributed by atoms with Crippen molar-refractivity contribution in [1.29, 1.82) is 0 Å². The second kappa shape index (κ2) is 4.98. The van der Waals surface area contributed by atoms with Gasteiger partial charge in [0.15, 0.2) is 5.82 Å². The first kappa shape index (κ1) is 10.9. The maximum atomic E-state index is 5.28. The number of hydrogen-bond acceptors (Lipinski definition) is 5. The van der Waals surface area contributed by atoms with Crippen molar-refractivity contribution in [3.8, 4) is 0 Å². The first-order chi connectivity index (χ1) is 8.40. The van der Waals surface area contributed by atoms with Gasteiger partial charge in [0.2, 0.25) is 5.89 Å². The molecule has 1 aliphatic heterocycles. The fourth-order valence-corrected chi connectivity index (χ4v) is 2.86. The van der Waals surface area contributed by atoms with Gasteiger partial charge in [0.1, 0.15) is 0 Å². The minimum atomic E-state index is 0.519. The van der Waals surface area contributed by atoms with Crippen molar-refractivity contribution >= 4 is 11.3 Å². The molecular weight excluding hydrogens is 234 g/mol. The number of aromatic nitrogens is 2. The summed E-state index contributed by atoms with van der Waals surface area (Å²) in [4.78, 5) is 5.71. The topological polar surface area (TPSA) is 51.0 Å². The lowest BCUT2D eigenvalue weighted by Crippen LogP contribution is -2.23. The Hall–Kier alpha value is -1.20. The third-order valence-corrected chi connectivity index (χ3v) is 3.88. The van der Waals surface area contributed by atoms with E-state index in [0.29, 0.717) is 6.04 Å². The molecule has 2 aromatic rings. The minimum absolute atomic E-state index is 0.519. The van der Waals surface area contributed by atoms with Crippen LogP contribution in [0.5, 0.6) is 0 Å². The van der Waals surface area contributed by atoms with E-state index in [0.717, 1.165) is 31.1 Å². The molecule has 3 heterocycles. The molecule has 1 N–H and O–H groups in total. The van der Waals surface area contributed by atoms with Crippen molar-refractivity contribution in [3.05, 3.63) is 34.1 Å². The molecule has 1 fully saturated rings. The van der Waals surface area contributed by atoms with Crippen molar-refractivity contribution in [2.24, 2.45) is 0 Å². The molecule has 1 saturated heterocycles. The first-order valence-electron chi connectivity index (χ1n) is 5.97. The molecule has 2 aromatic heterocycles. The molecule has 1 unspecified atom stereocenters. The van der Waals surface area contributed by atoms with Crippen molar-refractivity contribution in [3.63, 3.8) is 0 Å². The van der Waals surface area contributed by atoms with E-state index in [9.17, 15) is 0 Å². The van der Waals surface area contributed by atoms with Gasteiger partial charge in [0.05, 0.1) is 0 Å². The van der Waals surface area contributed by atoms with Crippen molar-refractivity contribution < 1.29 is 4.52 Å². The standard InChI is InChI=1S/C12H15N3OS/c1-3-9(13-5-1)7-12-14-11(15-16-12)8-10-4-2-6-17-10/h2,4,6,9,13H,1,3,5,7-8H2. The summed E-state index contributed by atoms with van der Waals surface area (Å²) in [5, 5.41) is 9.53. The largest absolute Gasteiger partial charge is 0.339 e. The van der Waals surface area contributed by atoms with Crippen molar-refractivity contribution in [2.45, 2.75) is 31.7 Å². The molecule has 0 saturated carbocycles. The lowest BCUT2D eigenvalue weighted by Gasteiger charge is -2.04. The maximum absolute atomic E-state index is 5.28. The monoisotopic (exact) mass is 249 g/mol. The number of thiophene rings is 1. The van der Waals surface area contributed by atoms with Gasteiger partial charge in [-0.3, -0.25) is 0 Å². The van der Waals surface area contributed by atoms with Crippen LogP contribution in [-0.2, 0) is 12.8 Å². The molecule has 0 spiro atoms. The zero-order valence-electron chi connectivity index (χ0n) is 9.56. The normalized spacial score (nSPS) is 19.9. The van der Waals surface area contributed by atoms with Gasteiger partial charge >= 0.3 is 0 Å². The highest BCUT2D eigenvalue weighted by atomic mass is 32.1. The minimum Gasteiger partial charge on any atom is -0.339 e. The lowest BCUT2D eigenvalue weighted by atomic mass is 10.1. The molecular formula is C12H15N3OS. The van der Waals surface area contributed by atoms with Crippen LogP contribution in [0, 0.1) is 0 Å². The van der Waals surface area contributed by atoms with Crippen molar-refractivity contribution in [1.82, 2.24) is 15.5 Å². The highest BCUT2D eigenvalue weighted by Gasteiger charge is 2.18. The number of hydrogen-bond donors (Lipinski definition) is 1. The Morgan fingerprint density at radius 1 is 1.53 bits per heavy atom. The summed E-state index contributed by atoms with van der Waals surface area (Å²) in [7, 11) is 0. The van der Waals surface area contributed by atoms with Gasteiger partial charge in [0.25, 0.3) is 0 Å². The summed E-state index contributed by atoms with van der Waals surface area (Å²) in [5.41, 5.74) is 0. The summed E-state index contributed by atoms with van der Waals surface area (Å²) >= 11 is 1.73. The van der Waals surface area contributed by atoms with Gasteiger partial charge in [0, 0.05) is 23.8 Å². The van der Waals surface area contributed by atoms with E-state index in [1.54, 1.807) is 11.3 Å². The molecule has 0 radical (unpaired) electrons. The van der Waals surface area contributed by atoms with Crippen LogP contribution in [0.3, 0.4) is 0 Å². The Morgan fingerprint density at radius 2 is 2.53 bits per heavy atom. The number of nitrogens with zero attached hydrogens (tertiary/aromatic N) is 2. The second-order valence-corrected chi connectivity index (χ2v) is 5.39. The van der Waals surface area contributed by atoms with Crippen molar-refractivity contribution in [2.75, 3.05) is 6.54 Å². The molecule has 0 aliphatic carbocycles. The van der Waals surface area contributed by atoms with Crippen LogP contribution in [0.15, 0.2) is 22.0 Å². The van der Waals surface area contributed by atoms with Gasteiger partial charge in [-0.2, -0.15) is 4.98 Å². The highest BCUT2D eigenvalue weighted by molar-refractivity contribution is 7.09. The number of nitrogens with one attached hydrogen (secondary N) is 1. The first-order valence-corrected chi connectivity index (χ1v) is 6.85. The molecule has 0 amide bonds. The predicted molar refractivity (Wildman–Crippen MR) is 66.2 cm³/mol.